The number of nitrogens with zero attached hydrogens (tertiary/aromatic N) is 1. The van der Waals surface area contributed by atoms with Gasteiger partial charge in [-0.25, -0.2) is 4.79 Å². The van der Waals surface area contributed by atoms with E-state index in [1.165, 1.54) is 4.90 Å². The highest BCUT2D eigenvalue weighted by Crippen LogP contribution is 2.33. The number of aliphatic hydroxyl groups excluding tert-OH is 5. The lowest BCUT2D eigenvalue weighted by molar-refractivity contribution is -0.279. The maximum absolute atomic E-state index is 11.6. The van der Waals surface area contributed by atoms with E-state index in [0.717, 1.165) is 0 Å². The summed E-state index contributed by atoms with van der Waals surface area (Å²) < 4.78 is 5.39. The zero-order chi connectivity index (χ0) is 16.4. The number of rotatable bonds is 4. The van der Waals surface area contributed by atoms with Crippen LogP contribution in [0.15, 0.2) is 0 Å². The molecular formula is C12H21NO9. The van der Waals surface area contributed by atoms with Gasteiger partial charge in [0.2, 0.25) is 0 Å². The van der Waals surface area contributed by atoms with Gasteiger partial charge in [0, 0.05) is 6.04 Å². The van der Waals surface area contributed by atoms with Crippen molar-refractivity contribution in [2.45, 2.75) is 55.6 Å². The van der Waals surface area contributed by atoms with Crippen LogP contribution in [-0.4, -0.2) is 97.6 Å². The van der Waals surface area contributed by atoms with Gasteiger partial charge in [0.15, 0.2) is 0 Å². The van der Waals surface area contributed by atoms with Crippen LogP contribution < -0.4 is 0 Å². The van der Waals surface area contributed by atoms with Crippen molar-refractivity contribution in [1.82, 2.24) is 4.90 Å². The summed E-state index contributed by atoms with van der Waals surface area (Å²) in [6.45, 7) is -0.946. The molecule has 0 aliphatic carbocycles. The molecule has 2 aliphatic rings. The molecule has 0 aromatic rings. The summed E-state index contributed by atoms with van der Waals surface area (Å²) in [5.74, 6) is -0.979. The Kier molecular flexibility index (Phi) is 5.69. The summed E-state index contributed by atoms with van der Waals surface area (Å²) >= 11 is 0. The minimum atomic E-state index is -1.60. The molecule has 2 unspecified atom stereocenters. The minimum Gasteiger partial charge on any atom is -0.395 e. The van der Waals surface area contributed by atoms with E-state index in [0.29, 0.717) is 6.42 Å². The van der Waals surface area contributed by atoms with E-state index < -0.39 is 55.3 Å². The van der Waals surface area contributed by atoms with Gasteiger partial charge in [-0.3, -0.25) is 9.79 Å². The Morgan fingerprint density at radius 2 is 1.77 bits per heavy atom. The first-order valence-electron chi connectivity index (χ1n) is 7.00. The van der Waals surface area contributed by atoms with E-state index in [1.807, 2.05) is 0 Å². The average Bonchev–Trinajstić information content (AvgIpc) is 2.96. The van der Waals surface area contributed by atoms with Crippen molar-refractivity contribution in [2.24, 2.45) is 0 Å². The highest BCUT2D eigenvalue weighted by Gasteiger charge is 2.52. The molecule has 0 radical (unpaired) electrons. The first-order valence-corrected chi connectivity index (χ1v) is 7.00. The third-order valence-corrected chi connectivity index (χ3v) is 4.29. The molecule has 128 valence electrons. The van der Waals surface area contributed by atoms with Gasteiger partial charge < -0.3 is 30.3 Å². The van der Waals surface area contributed by atoms with Crippen LogP contribution in [0.4, 0.5) is 0 Å². The number of ether oxygens (including phenoxy) is 1. The SMILES string of the molecule is O=C(OO)[C@@H]1CCC(CO)N1C1O[C@H](CO)[C@@H](O)[C@H](O)[C@H]1O. The molecule has 0 aromatic heterocycles. The lowest BCUT2D eigenvalue weighted by atomic mass is 9.97. The third-order valence-electron chi connectivity index (χ3n) is 4.29. The quantitative estimate of drug-likeness (QED) is 0.227. The predicted octanol–water partition coefficient (Wildman–Crippen LogP) is -3.37. The first kappa shape index (κ1) is 17.5. The molecule has 2 heterocycles. The largest absolute Gasteiger partial charge is 0.395 e. The molecule has 2 saturated heterocycles. The summed E-state index contributed by atoms with van der Waals surface area (Å²) in [6, 6.07) is -1.55. The van der Waals surface area contributed by atoms with Crippen LogP contribution in [0.2, 0.25) is 0 Å². The Bertz CT molecular complexity index is 393. The summed E-state index contributed by atoms with van der Waals surface area (Å²) in [5, 5.41) is 56.9. The van der Waals surface area contributed by atoms with E-state index in [-0.39, 0.29) is 13.0 Å². The molecule has 0 bridgehead atoms. The Labute approximate surface area is 126 Å². The molecule has 0 spiro atoms. The fourth-order valence-corrected chi connectivity index (χ4v) is 3.10. The van der Waals surface area contributed by atoms with Gasteiger partial charge in [-0.05, 0) is 12.8 Å². The van der Waals surface area contributed by atoms with E-state index in [9.17, 15) is 30.3 Å². The van der Waals surface area contributed by atoms with Crippen molar-refractivity contribution in [3.8, 4) is 0 Å². The van der Waals surface area contributed by atoms with E-state index >= 15 is 0 Å². The lowest BCUT2D eigenvalue weighted by Crippen LogP contribution is -2.66. The smallest absolute Gasteiger partial charge is 0.359 e. The second-order valence-electron chi connectivity index (χ2n) is 5.51. The molecule has 2 rings (SSSR count). The zero-order valence-corrected chi connectivity index (χ0v) is 11.7. The number of carbonyl (C=O) groups excluding carboxylic acids is 1. The molecule has 22 heavy (non-hydrogen) atoms. The van der Waals surface area contributed by atoms with Crippen LogP contribution in [0.5, 0.6) is 0 Å². The van der Waals surface area contributed by atoms with Gasteiger partial charge in [-0.1, -0.05) is 0 Å². The fourth-order valence-electron chi connectivity index (χ4n) is 3.10. The molecule has 6 N–H and O–H groups in total. The molecular weight excluding hydrogens is 302 g/mol. The Morgan fingerprint density at radius 1 is 1.09 bits per heavy atom. The highest BCUT2D eigenvalue weighted by molar-refractivity contribution is 5.75. The van der Waals surface area contributed by atoms with Crippen molar-refractivity contribution in [3.05, 3.63) is 0 Å². The van der Waals surface area contributed by atoms with Gasteiger partial charge in [0.25, 0.3) is 0 Å². The number of likely N-dealkylation sites (tertiary alicyclic amines) is 1. The van der Waals surface area contributed by atoms with Crippen LogP contribution in [0, 0.1) is 0 Å². The molecule has 7 atom stereocenters. The van der Waals surface area contributed by atoms with Gasteiger partial charge in [-0.2, -0.15) is 5.26 Å². The van der Waals surface area contributed by atoms with Crippen LogP contribution in [0.1, 0.15) is 12.8 Å². The number of hydrogen-bond donors (Lipinski definition) is 6. The standard InChI is InChI=1S/C12H21NO9/c14-3-5-1-2-6(12(19)22-20)13(5)11-10(18)9(17)8(16)7(4-15)21-11/h5-11,14-18,20H,1-4H2/t5?,6-,7+,8+,9-,10+,11?/m0/s1. The summed E-state index contributed by atoms with van der Waals surface area (Å²) in [6.07, 6.45) is -6.44. The van der Waals surface area contributed by atoms with E-state index in [2.05, 4.69) is 4.89 Å². The van der Waals surface area contributed by atoms with Gasteiger partial charge in [-0.15, -0.1) is 0 Å². The second-order valence-corrected chi connectivity index (χ2v) is 5.51. The van der Waals surface area contributed by atoms with Crippen LogP contribution >= 0.6 is 0 Å². The Morgan fingerprint density at radius 3 is 2.32 bits per heavy atom. The summed E-state index contributed by atoms with van der Waals surface area (Å²) in [4.78, 5) is 16.7. The maximum atomic E-state index is 11.6. The maximum Gasteiger partial charge on any atom is 0.359 e. The predicted molar refractivity (Wildman–Crippen MR) is 68.2 cm³/mol. The molecule has 10 heteroatoms. The van der Waals surface area contributed by atoms with Gasteiger partial charge in [0.05, 0.1) is 13.2 Å². The molecule has 0 saturated carbocycles. The lowest BCUT2D eigenvalue weighted by Gasteiger charge is -2.46. The Balaban J connectivity index is 2.26. The zero-order valence-electron chi connectivity index (χ0n) is 11.7. The minimum absolute atomic E-state index is 0.250. The third kappa shape index (κ3) is 2.96. The van der Waals surface area contributed by atoms with Crippen molar-refractivity contribution < 1.29 is 45.2 Å². The van der Waals surface area contributed by atoms with E-state index in [1.54, 1.807) is 0 Å². The molecule has 2 fully saturated rings. The van der Waals surface area contributed by atoms with Crippen molar-refractivity contribution in [1.29, 1.82) is 0 Å². The molecule has 0 aromatic carbocycles. The van der Waals surface area contributed by atoms with Crippen LogP contribution in [-0.2, 0) is 14.4 Å². The van der Waals surface area contributed by atoms with Crippen LogP contribution in [0.25, 0.3) is 0 Å². The highest BCUT2D eigenvalue weighted by atomic mass is 17.1. The number of aliphatic hydroxyl groups is 5. The first-order chi connectivity index (χ1) is 10.5. The normalized spacial score (nSPS) is 43.3. The molecule has 0 amide bonds. The van der Waals surface area contributed by atoms with Gasteiger partial charge in [0.1, 0.15) is 36.7 Å². The van der Waals surface area contributed by atoms with Crippen molar-refractivity contribution >= 4 is 5.97 Å². The number of carbonyl (C=O) groups is 1. The monoisotopic (exact) mass is 323 g/mol. The summed E-state index contributed by atoms with van der Waals surface area (Å²) in [5.41, 5.74) is 0. The number of hydrogen-bond acceptors (Lipinski definition) is 10. The molecule has 10 nitrogen and oxygen atoms in total. The Hall–Kier alpha value is -0.850. The van der Waals surface area contributed by atoms with Crippen molar-refractivity contribution in [3.63, 3.8) is 0 Å². The van der Waals surface area contributed by atoms with Gasteiger partial charge >= 0.3 is 5.97 Å². The van der Waals surface area contributed by atoms with Crippen molar-refractivity contribution in [2.75, 3.05) is 13.2 Å². The molecule has 2 aliphatic heterocycles. The second kappa shape index (κ2) is 7.15. The topological polar surface area (TPSA) is 160 Å². The van der Waals surface area contributed by atoms with E-state index in [4.69, 9.17) is 9.99 Å². The fraction of sp³-hybridized carbons (Fsp3) is 0.917. The summed E-state index contributed by atoms with van der Waals surface area (Å²) in [7, 11) is 0. The average molecular weight is 323 g/mol. The van der Waals surface area contributed by atoms with Crippen LogP contribution in [0.3, 0.4) is 0 Å².